The molecule has 0 amide bonds. The van der Waals surface area contributed by atoms with Crippen molar-refractivity contribution >= 4 is 11.7 Å². The number of carbonyl (C=O) groups is 1. The number of ether oxygens (including phenoxy) is 1. The van der Waals surface area contributed by atoms with Crippen molar-refractivity contribution in [3.8, 4) is 11.8 Å². The van der Waals surface area contributed by atoms with Crippen LogP contribution in [0.1, 0.15) is 21.6 Å². The molecule has 0 spiro atoms. The van der Waals surface area contributed by atoms with Crippen LogP contribution in [0.2, 0.25) is 0 Å². The third-order valence-electron chi connectivity index (χ3n) is 2.58. The zero-order valence-corrected chi connectivity index (χ0v) is 11.1. The van der Waals surface area contributed by atoms with Crippen LogP contribution < -0.4 is 0 Å². The number of nitrogens with zero attached hydrogens (tertiary/aromatic N) is 2. The van der Waals surface area contributed by atoms with Gasteiger partial charge in [-0.1, -0.05) is 24.1 Å². The van der Waals surface area contributed by atoms with Gasteiger partial charge in [0, 0.05) is 17.8 Å². The zero-order chi connectivity index (χ0) is 15.2. The molecule has 0 N–H and O–H groups in total. The first-order valence-corrected chi connectivity index (χ1v) is 5.91. The van der Waals surface area contributed by atoms with Gasteiger partial charge in [-0.2, -0.15) is 0 Å². The van der Waals surface area contributed by atoms with E-state index in [0.717, 1.165) is 6.07 Å². The summed E-state index contributed by atoms with van der Waals surface area (Å²) in [6.07, 6.45) is 1.20. The quantitative estimate of drug-likeness (QED) is 0.365. The molecular weight excluding hydrogens is 272 g/mol. The molecule has 104 valence electrons. The normalized spacial score (nSPS) is 9.38. The first-order valence-electron chi connectivity index (χ1n) is 5.91. The van der Waals surface area contributed by atoms with Crippen LogP contribution in [0.5, 0.6) is 0 Å². The minimum atomic E-state index is -0.687. The predicted octanol–water partition coefficient (Wildman–Crippen LogP) is 2.18. The Labute approximate surface area is 120 Å². The maximum absolute atomic E-state index is 11.4. The topological polar surface area (TPSA) is 82.3 Å². The molecule has 0 unspecified atom stereocenters. The van der Waals surface area contributed by atoms with Crippen LogP contribution in [0.4, 0.5) is 5.69 Å². The fourth-order valence-electron chi connectivity index (χ4n) is 1.57. The summed E-state index contributed by atoms with van der Waals surface area (Å²) >= 11 is 0. The molecule has 0 bridgehead atoms. The third-order valence-corrected chi connectivity index (χ3v) is 2.58. The number of esters is 1. The lowest BCUT2D eigenvalue weighted by molar-refractivity contribution is -0.385. The van der Waals surface area contributed by atoms with Gasteiger partial charge in [-0.3, -0.25) is 10.1 Å². The zero-order valence-electron chi connectivity index (χ0n) is 11.1. The number of hydrogen-bond acceptors (Lipinski definition) is 5. The summed E-state index contributed by atoms with van der Waals surface area (Å²) in [5.41, 5.74) is 0.387. The second kappa shape index (κ2) is 6.30. The highest BCUT2D eigenvalue weighted by Gasteiger charge is 2.18. The molecule has 6 nitrogen and oxygen atoms in total. The third kappa shape index (κ3) is 3.42. The Balaban J connectivity index is 2.43. The Bertz CT molecular complexity index is 745. The van der Waals surface area contributed by atoms with Crippen molar-refractivity contribution in [2.24, 2.45) is 0 Å². The molecule has 2 rings (SSSR count). The van der Waals surface area contributed by atoms with Crippen LogP contribution in [0.15, 0.2) is 42.6 Å². The van der Waals surface area contributed by atoms with Gasteiger partial charge in [-0.05, 0) is 18.1 Å². The Morgan fingerprint density at radius 3 is 2.62 bits per heavy atom. The average molecular weight is 282 g/mol. The largest absolute Gasteiger partial charge is 0.465 e. The van der Waals surface area contributed by atoms with Crippen molar-refractivity contribution in [3.05, 3.63) is 69.5 Å². The predicted molar refractivity (Wildman–Crippen MR) is 74.7 cm³/mol. The molecule has 0 radical (unpaired) electrons. The Morgan fingerprint density at radius 2 is 2.00 bits per heavy atom. The van der Waals surface area contributed by atoms with Gasteiger partial charge >= 0.3 is 11.7 Å². The van der Waals surface area contributed by atoms with Crippen LogP contribution in [-0.4, -0.2) is 23.0 Å². The van der Waals surface area contributed by atoms with Crippen LogP contribution in [0.25, 0.3) is 0 Å². The second-order valence-corrected chi connectivity index (χ2v) is 3.96. The molecule has 2 aromatic rings. The maximum atomic E-state index is 11.4. The fourth-order valence-corrected chi connectivity index (χ4v) is 1.57. The minimum Gasteiger partial charge on any atom is -0.465 e. The number of pyridine rings is 1. The van der Waals surface area contributed by atoms with E-state index in [2.05, 4.69) is 21.6 Å². The average Bonchev–Trinajstić information content (AvgIpc) is 2.52. The lowest BCUT2D eigenvalue weighted by Crippen LogP contribution is -2.04. The number of rotatable bonds is 2. The molecule has 0 saturated carbocycles. The van der Waals surface area contributed by atoms with Crippen molar-refractivity contribution in [2.45, 2.75) is 0 Å². The first-order chi connectivity index (χ1) is 10.1. The van der Waals surface area contributed by atoms with Crippen LogP contribution in [0.3, 0.4) is 0 Å². The lowest BCUT2D eigenvalue weighted by Gasteiger charge is -1.99. The van der Waals surface area contributed by atoms with E-state index >= 15 is 0 Å². The van der Waals surface area contributed by atoms with Gasteiger partial charge in [0.15, 0.2) is 5.69 Å². The molecule has 0 aliphatic rings. The lowest BCUT2D eigenvalue weighted by atomic mass is 10.2. The van der Waals surface area contributed by atoms with E-state index in [-0.39, 0.29) is 16.9 Å². The van der Waals surface area contributed by atoms with Gasteiger partial charge in [0.05, 0.1) is 17.6 Å². The van der Waals surface area contributed by atoms with Gasteiger partial charge < -0.3 is 4.74 Å². The number of aromatic nitrogens is 1. The van der Waals surface area contributed by atoms with Gasteiger partial charge in [0.1, 0.15) is 0 Å². The van der Waals surface area contributed by atoms with E-state index in [4.69, 9.17) is 0 Å². The molecule has 0 aliphatic heterocycles. The van der Waals surface area contributed by atoms with Crippen LogP contribution >= 0.6 is 0 Å². The maximum Gasteiger partial charge on any atom is 0.339 e. The monoisotopic (exact) mass is 282 g/mol. The smallest absolute Gasteiger partial charge is 0.339 e. The van der Waals surface area contributed by atoms with Gasteiger partial charge in [0.2, 0.25) is 0 Å². The molecule has 0 saturated heterocycles. The van der Waals surface area contributed by atoms with Crippen LogP contribution in [0, 0.1) is 22.0 Å². The van der Waals surface area contributed by atoms with Crippen molar-refractivity contribution in [1.29, 1.82) is 0 Å². The summed E-state index contributed by atoms with van der Waals surface area (Å²) in [6, 6.07) is 10.1. The highest BCUT2D eigenvalue weighted by atomic mass is 16.6. The molecule has 1 heterocycles. The molecule has 0 aliphatic carbocycles. The van der Waals surface area contributed by atoms with E-state index in [9.17, 15) is 14.9 Å². The summed E-state index contributed by atoms with van der Waals surface area (Å²) in [5.74, 6) is 4.74. The van der Waals surface area contributed by atoms with Gasteiger partial charge in [-0.25, -0.2) is 9.78 Å². The number of nitro groups is 1. The highest BCUT2D eigenvalue weighted by molar-refractivity contribution is 5.89. The van der Waals surface area contributed by atoms with Crippen molar-refractivity contribution in [1.82, 2.24) is 4.98 Å². The number of methoxy groups -OCH3 is 1. The number of carbonyl (C=O) groups excluding carboxylic acids is 1. The van der Waals surface area contributed by atoms with Crippen molar-refractivity contribution in [2.75, 3.05) is 7.11 Å². The van der Waals surface area contributed by atoms with E-state index in [1.54, 1.807) is 12.1 Å². The van der Waals surface area contributed by atoms with Gasteiger partial charge in [-0.15, -0.1) is 0 Å². The summed E-state index contributed by atoms with van der Waals surface area (Å²) in [4.78, 5) is 25.6. The summed E-state index contributed by atoms with van der Waals surface area (Å²) < 4.78 is 4.50. The summed E-state index contributed by atoms with van der Waals surface area (Å²) in [5, 5.41) is 11.0. The minimum absolute atomic E-state index is 0.00324. The standard InChI is InChI=1S/C15H10N2O4/c1-21-15(18)12-9-14(17(19)20)13(16-10-12)8-7-11-5-3-2-4-6-11/h2-6,9-10H,1H3. The Kier molecular flexibility index (Phi) is 4.26. The van der Waals surface area contributed by atoms with Gasteiger partial charge in [0.25, 0.3) is 0 Å². The molecule has 21 heavy (non-hydrogen) atoms. The molecule has 0 atom stereocenters. The van der Waals surface area contributed by atoms with E-state index in [0.29, 0.717) is 5.56 Å². The Hall–Kier alpha value is -3.20. The van der Waals surface area contributed by atoms with Crippen molar-refractivity contribution in [3.63, 3.8) is 0 Å². The summed E-state index contributed by atoms with van der Waals surface area (Å²) in [7, 11) is 1.19. The number of benzene rings is 1. The SMILES string of the molecule is COC(=O)c1cnc(C#Cc2ccccc2)c([N+](=O)[O-])c1. The molecular formula is C15H10N2O4. The van der Waals surface area contributed by atoms with Crippen LogP contribution in [-0.2, 0) is 4.74 Å². The molecule has 1 aromatic heterocycles. The Morgan fingerprint density at radius 1 is 1.29 bits per heavy atom. The highest BCUT2D eigenvalue weighted by Crippen LogP contribution is 2.17. The molecule has 1 aromatic carbocycles. The number of hydrogen-bond donors (Lipinski definition) is 0. The molecule has 6 heteroatoms. The summed E-state index contributed by atoms with van der Waals surface area (Å²) in [6.45, 7) is 0. The van der Waals surface area contributed by atoms with E-state index in [1.165, 1.54) is 13.3 Å². The molecule has 0 fully saturated rings. The first kappa shape index (κ1) is 14.2. The van der Waals surface area contributed by atoms with Crippen molar-refractivity contribution < 1.29 is 14.5 Å². The second-order valence-electron chi connectivity index (χ2n) is 3.96. The fraction of sp³-hybridized carbons (Fsp3) is 0.0667. The van der Waals surface area contributed by atoms with E-state index < -0.39 is 10.9 Å². The van der Waals surface area contributed by atoms with E-state index in [1.807, 2.05) is 18.2 Å².